The van der Waals surface area contributed by atoms with Crippen LogP contribution in [0, 0.1) is 0 Å². The van der Waals surface area contributed by atoms with Crippen molar-refractivity contribution in [1.82, 2.24) is 13.6 Å². The maximum atomic E-state index is 3.63. The molecular formula is C20H24BrN3S. The Morgan fingerprint density at radius 3 is 2.64 bits per heavy atom. The summed E-state index contributed by atoms with van der Waals surface area (Å²) in [5, 5.41) is 1.34. The Balaban J connectivity index is 1.91. The van der Waals surface area contributed by atoms with E-state index in [0.29, 0.717) is 6.04 Å². The highest BCUT2D eigenvalue weighted by Gasteiger charge is 2.14. The number of hydrogen-bond acceptors (Lipinski definition) is 3. The van der Waals surface area contributed by atoms with Crippen molar-refractivity contribution in [3.63, 3.8) is 0 Å². The SMILES string of the molecule is CC(c1ccccc1)n1cc(CCNSN(C)C)c2ccc(Br)cc21. The molecule has 0 aliphatic carbocycles. The maximum absolute atomic E-state index is 3.63. The third-order valence-electron chi connectivity index (χ3n) is 4.32. The van der Waals surface area contributed by atoms with Crippen LogP contribution in [-0.4, -0.2) is 29.5 Å². The van der Waals surface area contributed by atoms with E-state index in [1.54, 1.807) is 12.1 Å². The fourth-order valence-electron chi connectivity index (χ4n) is 3.07. The second kappa shape index (κ2) is 8.41. The van der Waals surface area contributed by atoms with E-state index >= 15 is 0 Å². The lowest BCUT2D eigenvalue weighted by Crippen LogP contribution is -2.15. The molecule has 1 aromatic heterocycles. The van der Waals surface area contributed by atoms with Gasteiger partial charge in [-0.3, -0.25) is 4.72 Å². The van der Waals surface area contributed by atoms with E-state index in [1.807, 2.05) is 14.1 Å². The molecule has 0 saturated heterocycles. The van der Waals surface area contributed by atoms with Crippen LogP contribution in [0.4, 0.5) is 0 Å². The molecule has 3 aromatic rings. The average molecular weight is 418 g/mol. The van der Waals surface area contributed by atoms with Gasteiger partial charge < -0.3 is 4.57 Å². The van der Waals surface area contributed by atoms with Crippen molar-refractivity contribution < 1.29 is 0 Å². The van der Waals surface area contributed by atoms with Crippen LogP contribution in [0.1, 0.15) is 24.1 Å². The van der Waals surface area contributed by atoms with Gasteiger partial charge in [-0.15, -0.1) is 0 Å². The topological polar surface area (TPSA) is 20.2 Å². The van der Waals surface area contributed by atoms with Crippen LogP contribution >= 0.6 is 28.1 Å². The number of hydrogen-bond donors (Lipinski definition) is 1. The molecule has 0 saturated carbocycles. The highest BCUT2D eigenvalue weighted by Crippen LogP contribution is 2.30. The fourth-order valence-corrected chi connectivity index (χ4v) is 3.87. The second-order valence-electron chi connectivity index (χ2n) is 6.36. The van der Waals surface area contributed by atoms with Crippen molar-refractivity contribution in [2.24, 2.45) is 0 Å². The molecule has 25 heavy (non-hydrogen) atoms. The smallest absolute Gasteiger partial charge is 0.0557 e. The van der Waals surface area contributed by atoms with E-state index in [4.69, 9.17) is 0 Å². The number of rotatable bonds is 7. The Morgan fingerprint density at radius 2 is 1.92 bits per heavy atom. The van der Waals surface area contributed by atoms with Gasteiger partial charge in [0.15, 0.2) is 0 Å². The first kappa shape index (κ1) is 18.5. The van der Waals surface area contributed by atoms with E-state index in [9.17, 15) is 0 Å². The van der Waals surface area contributed by atoms with Crippen molar-refractivity contribution in [2.75, 3.05) is 20.6 Å². The minimum atomic E-state index is 0.302. The molecule has 3 rings (SSSR count). The Hall–Kier alpha value is -1.27. The highest BCUT2D eigenvalue weighted by atomic mass is 79.9. The van der Waals surface area contributed by atoms with Crippen LogP contribution in [-0.2, 0) is 6.42 Å². The molecule has 5 heteroatoms. The average Bonchev–Trinajstić information content (AvgIpc) is 2.96. The third-order valence-corrected chi connectivity index (χ3v) is 5.51. The van der Waals surface area contributed by atoms with Gasteiger partial charge in [0.1, 0.15) is 0 Å². The van der Waals surface area contributed by atoms with Crippen molar-refractivity contribution in [3.8, 4) is 0 Å². The van der Waals surface area contributed by atoms with Crippen LogP contribution in [0.2, 0.25) is 0 Å². The summed E-state index contributed by atoms with van der Waals surface area (Å²) in [4.78, 5) is 0. The Kier molecular flexibility index (Phi) is 6.23. The minimum Gasteiger partial charge on any atom is -0.340 e. The number of aromatic nitrogens is 1. The largest absolute Gasteiger partial charge is 0.340 e. The van der Waals surface area contributed by atoms with E-state index in [0.717, 1.165) is 17.4 Å². The van der Waals surface area contributed by atoms with Crippen LogP contribution in [0.15, 0.2) is 59.2 Å². The van der Waals surface area contributed by atoms with Gasteiger partial charge in [0.25, 0.3) is 0 Å². The van der Waals surface area contributed by atoms with Gasteiger partial charge in [0, 0.05) is 40.3 Å². The molecule has 0 aliphatic rings. The molecule has 1 heterocycles. The third kappa shape index (κ3) is 4.47. The van der Waals surface area contributed by atoms with Crippen molar-refractivity contribution in [2.45, 2.75) is 19.4 Å². The molecule has 1 atom stereocenters. The van der Waals surface area contributed by atoms with Crippen LogP contribution < -0.4 is 4.72 Å². The summed E-state index contributed by atoms with van der Waals surface area (Å²) >= 11 is 5.26. The van der Waals surface area contributed by atoms with Crippen molar-refractivity contribution in [3.05, 3.63) is 70.3 Å². The molecule has 2 aromatic carbocycles. The Bertz CT molecular complexity index is 830. The predicted molar refractivity (Wildman–Crippen MR) is 113 cm³/mol. The van der Waals surface area contributed by atoms with Crippen molar-refractivity contribution in [1.29, 1.82) is 0 Å². The minimum absolute atomic E-state index is 0.302. The normalized spacial score (nSPS) is 12.8. The first-order chi connectivity index (χ1) is 12.1. The van der Waals surface area contributed by atoms with Gasteiger partial charge in [-0.25, -0.2) is 4.31 Å². The number of halogens is 1. The van der Waals surface area contributed by atoms with E-state index < -0.39 is 0 Å². The van der Waals surface area contributed by atoms with Gasteiger partial charge in [0.2, 0.25) is 0 Å². The van der Waals surface area contributed by atoms with E-state index in [1.165, 1.54) is 22.0 Å². The van der Waals surface area contributed by atoms with Gasteiger partial charge >= 0.3 is 0 Å². The molecular weight excluding hydrogens is 394 g/mol. The molecule has 0 amide bonds. The lowest BCUT2D eigenvalue weighted by atomic mass is 10.1. The second-order valence-corrected chi connectivity index (χ2v) is 8.47. The first-order valence-electron chi connectivity index (χ1n) is 8.47. The summed E-state index contributed by atoms with van der Waals surface area (Å²) in [5.74, 6) is 0. The van der Waals surface area contributed by atoms with Gasteiger partial charge in [0.05, 0.1) is 6.04 Å². The molecule has 132 valence electrons. The molecule has 0 radical (unpaired) electrons. The quantitative estimate of drug-likeness (QED) is 0.417. The van der Waals surface area contributed by atoms with E-state index in [2.05, 4.69) is 91.2 Å². The summed E-state index contributed by atoms with van der Waals surface area (Å²) in [6.07, 6.45) is 3.32. The molecule has 0 fully saturated rings. The van der Waals surface area contributed by atoms with Crippen LogP contribution in [0.5, 0.6) is 0 Å². The molecule has 3 nitrogen and oxygen atoms in total. The molecule has 1 N–H and O–H groups in total. The first-order valence-corrected chi connectivity index (χ1v) is 10.0. The highest BCUT2D eigenvalue weighted by molar-refractivity contribution is 9.10. The lowest BCUT2D eigenvalue weighted by Gasteiger charge is -2.16. The maximum Gasteiger partial charge on any atom is 0.0557 e. The monoisotopic (exact) mass is 417 g/mol. The molecule has 0 aliphatic heterocycles. The summed E-state index contributed by atoms with van der Waals surface area (Å²) in [5.41, 5.74) is 3.99. The summed E-state index contributed by atoms with van der Waals surface area (Å²) in [6.45, 7) is 3.21. The van der Waals surface area contributed by atoms with Gasteiger partial charge in [-0.1, -0.05) is 52.3 Å². The van der Waals surface area contributed by atoms with Crippen molar-refractivity contribution >= 4 is 39.0 Å². The molecule has 0 bridgehead atoms. The Labute approximate surface area is 162 Å². The zero-order chi connectivity index (χ0) is 17.8. The zero-order valence-corrected chi connectivity index (χ0v) is 17.3. The van der Waals surface area contributed by atoms with Crippen LogP contribution in [0.25, 0.3) is 10.9 Å². The molecule has 0 spiro atoms. The van der Waals surface area contributed by atoms with E-state index in [-0.39, 0.29) is 0 Å². The van der Waals surface area contributed by atoms with Gasteiger partial charge in [-0.05, 0) is 50.7 Å². The lowest BCUT2D eigenvalue weighted by molar-refractivity contribution is 0.660. The Morgan fingerprint density at radius 1 is 1.16 bits per heavy atom. The van der Waals surface area contributed by atoms with Gasteiger partial charge in [-0.2, -0.15) is 0 Å². The summed E-state index contributed by atoms with van der Waals surface area (Å²) in [6, 6.07) is 17.6. The zero-order valence-electron chi connectivity index (χ0n) is 14.9. The predicted octanol–water partition coefficient (Wildman–Crippen LogP) is 5.27. The number of benzene rings is 2. The number of fused-ring (bicyclic) bond motifs is 1. The fraction of sp³-hybridized carbons (Fsp3) is 0.300. The molecule has 1 unspecified atom stereocenters. The van der Waals surface area contributed by atoms with Crippen LogP contribution in [0.3, 0.4) is 0 Å². The summed E-state index contributed by atoms with van der Waals surface area (Å²) in [7, 11) is 4.09. The standard InChI is InChI=1S/C20H24BrN3S/c1-15(16-7-5-4-6-8-16)24-14-17(11-12-22-25-23(2)3)19-10-9-18(21)13-20(19)24/h4-10,13-15,22H,11-12H2,1-3H3. The number of nitrogens with zero attached hydrogens (tertiary/aromatic N) is 2. The number of nitrogens with one attached hydrogen (secondary N) is 1. The summed E-state index contributed by atoms with van der Waals surface area (Å²) < 4.78 is 8.98.